The number of non-ortho nitro benzene ring substituents is 1. The monoisotopic (exact) mass is 297 g/mol. The van der Waals surface area contributed by atoms with Crippen molar-refractivity contribution in [2.75, 3.05) is 14.1 Å². The Labute approximate surface area is 131 Å². The van der Waals surface area contributed by atoms with E-state index < -0.39 is 31.5 Å². The zero-order valence-electron chi connectivity index (χ0n) is 10.5. The van der Waals surface area contributed by atoms with E-state index >= 15 is 0 Å². The molecule has 98 valence electrons. The Balaban J connectivity index is 0.00000324. The Morgan fingerprint density at radius 1 is 1.37 bits per heavy atom. The van der Waals surface area contributed by atoms with Gasteiger partial charge in [-0.3, -0.25) is 19.5 Å². The smallest absolute Gasteiger partial charge is 0.345 e. The minimum absolute atomic E-state index is 0. The van der Waals surface area contributed by atoms with Gasteiger partial charge < -0.3 is 4.90 Å². The van der Waals surface area contributed by atoms with Gasteiger partial charge in [-0.05, 0) is 6.07 Å². The molecule has 1 rings (SSSR count). The summed E-state index contributed by atoms with van der Waals surface area (Å²) >= 11 is 0. The van der Waals surface area contributed by atoms with E-state index in [0.29, 0.717) is 6.07 Å². The molecular formula is C9H10N2NaO6S+. The Kier molecular flexibility index (Phi) is 6.10. The fourth-order valence-corrected chi connectivity index (χ4v) is 1.96. The third-order valence-corrected chi connectivity index (χ3v) is 2.98. The molecule has 19 heavy (non-hydrogen) atoms. The Bertz CT molecular complexity index is 613. The van der Waals surface area contributed by atoms with Crippen LogP contribution < -0.4 is 29.6 Å². The fraction of sp³-hybridized carbons (Fsp3) is 0.222. The number of nitro benzene ring substituents is 1. The van der Waals surface area contributed by atoms with E-state index in [1.54, 1.807) is 0 Å². The van der Waals surface area contributed by atoms with Crippen LogP contribution in [0.4, 0.5) is 5.69 Å². The predicted molar refractivity (Wildman–Crippen MR) is 60.9 cm³/mol. The number of amides is 1. The first kappa shape index (κ1) is 18.0. The van der Waals surface area contributed by atoms with E-state index in [-0.39, 0.29) is 35.1 Å². The van der Waals surface area contributed by atoms with E-state index in [1.165, 1.54) is 14.1 Å². The molecule has 10 heteroatoms. The molecule has 1 aromatic carbocycles. The molecule has 0 bridgehead atoms. The van der Waals surface area contributed by atoms with Gasteiger partial charge in [-0.25, -0.2) is 0 Å². The van der Waals surface area contributed by atoms with Crippen LogP contribution in [0.5, 0.6) is 0 Å². The summed E-state index contributed by atoms with van der Waals surface area (Å²) in [6, 6.07) is 2.63. The van der Waals surface area contributed by atoms with Crippen molar-refractivity contribution in [3.8, 4) is 0 Å². The molecule has 0 aliphatic rings. The van der Waals surface area contributed by atoms with Crippen LogP contribution in [0, 0.1) is 10.1 Å². The second-order valence-corrected chi connectivity index (χ2v) is 5.00. The van der Waals surface area contributed by atoms with Crippen molar-refractivity contribution in [2.45, 2.75) is 4.90 Å². The Morgan fingerprint density at radius 2 is 1.89 bits per heavy atom. The fourth-order valence-electron chi connectivity index (χ4n) is 1.26. The van der Waals surface area contributed by atoms with Crippen LogP contribution in [0.2, 0.25) is 0 Å². The van der Waals surface area contributed by atoms with Crippen molar-refractivity contribution < 1.29 is 52.2 Å². The summed E-state index contributed by atoms with van der Waals surface area (Å²) in [6.45, 7) is 0. The second kappa shape index (κ2) is 6.44. The first-order valence-corrected chi connectivity index (χ1v) is 6.06. The third-order valence-electron chi connectivity index (χ3n) is 2.09. The van der Waals surface area contributed by atoms with Crippen LogP contribution in [-0.2, 0) is 10.1 Å². The van der Waals surface area contributed by atoms with Gasteiger partial charge in [-0.1, -0.05) is 0 Å². The summed E-state index contributed by atoms with van der Waals surface area (Å²) in [4.78, 5) is 21.7. The van der Waals surface area contributed by atoms with E-state index in [0.717, 1.165) is 17.0 Å². The van der Waals surface area contributed by atoms with Gasteiger partial charge in [0.2, 0.25) is 0 Å². The summed E-state index contributed by atoms with van der Waals surface area (Å²) in [6.07, 6.45) is 0. The van der Waals surface area contributed by atoms with Crippen molar-refractivity contribution in [2.24, 2.45) is 0 Å². The number of nitrogens with zero attached hydrogens (tertiary/aromatic N) is 2. The van der Waals surface area contributed by atoms with Crippen LogP contribution in [0.15, 0.2) is 23.1 Å². The Hall–Kier alpha value is -1.000. The molecule has 0 aliphatic carbocycles. The molecule has 0 aliphatic heterocycles. The van der Waals surface area contributed by atoms with Crippen LogP contribution in [-0.4, -0.2) is 42.8 Å². The predicted octanol–water partition coefficient (Wildman–Crippen LogP) is -2.45. The van der Waals surface area contributed by atoms with Crippen LogP contribution in [0.25, 0.3) is 0 Å². The SMILES string of the molecule is CN(C)C(=O)c1ccc([N+](=O)[O-])cc1S(=O)(=O)O.[Na+]. The average molecular weight is 297 g/mol. The Morgan fingerprint density at radius 3 is 2.26 bits per heavy atom. The van der Waals surface area contributed by atoms with Crippen molar-refractivity contribution >= 4 is 21.7 Å². The second-order valence-electron chi connectivity index (χ2n) is 3.61. The van der Waals surface area contributed by atoms with Gasteiger partial charge in [0.1, 0.15) is 4.90 Å². The molecule has 0 saturated carbocycles. The summed E-state index contributed by atoms with van der Waals surface area (Å²) in [5, 5.41) is 10.5. The molecule has 0 saturated heterocycles. The normalized spacial score (nSPS) is 10.5. The maximum absolute atomic E-state index is 11.7. The van der Waals surface area contributed by atoms with Crippen LogP contribution in [0.3, 0.4) is 0 Å². The third kappa shape index (κ3) is 4.25. The molecule has 0 atom stereocenters. The molecule has 0 unspecified atom stereocenters. The zero-order valence-corrected chi connectivity index (χ0v) is 13.3. The molecule has 0 spiro atoms. The molecule has 1 aromatic rings. The maximum Gasteiger partial charge on any atom is 1.00 e. The van der Waals surface area contributed by atoms with Gasteiger partial charge in [-0.2, -0.15) is 8.42 Å². The maximum atomic E-state index is 11.7. The van der Waals surface area contributed by atoms with Gasteiger partial charge >= 0.3 is 29.6 Å². The molecule has 0 radical (unpaired) electrons. The standard InChI is InChI=1S/C9H10N2O6S.Na/c1-10(2)9(12)7-4-3-6(11(13)14)5-8(7)18(15,16)17;/h3-5H,1-2H3,(H,15,16,17);/q;+1. The number of hydrogen-bond acceptors (Lipinski definition) is 5. The van der Waals surface area contributed by atoms with Crippen LogP contribution in [0.1, 0.15) is 10.4 Å². The van der Waals surface area contributed by atoms with Gasteiger partial charge in [0.05, 0.1) is 10.5 Å². The zero-order chi connectivity index (χ0) is 14.1. The van der Waals surface area contributed by atoms with Gasteiger partial charge in [0.25, 0.3) is 21.7 Å². The number of hydrogen-bond donors (Lipinski definition) is 1. The van der Waals surface area contributed by atoms with Crippen molar-refractivity contribution in [3.63, 3.8) is 0 Å². The quantitative estimate of drug-likeness (QED) is 0.286. The van der Waals surface area contributed by atoms with E-state index in [4.69, 9.17) is 4.55 Å². The average Bonchev–Trinajstić information content (AvgIpc) is 2.25. The number of benzene rings is 1. The van der Waals surface area contributed by atoms with E-state index in [9.17, 15) is 23.3 Å². The van der Waals surface area contributed by atoms with E-state index in [1.807, 2.05) is 0 Å². The summed E-state index contributed by atoms with van der Waals surface area (Å²) in [7, 11) is -1.95. The first-order chi connectivity index (χ1) is 8.14. The number of carbonyl (C=O) groups is 1. The van der Waals surface area contributed by atoms with Crippen molar-refractivity contribution in [1.82, 2.24) is 4.90 Å². The molecule has 0 aromatic heterocycles. The molecule has 8 nitrogen and oxygen atoms in total. The summed E-state index contributed by atoms with van der Waals surface area (Å²) in [5.74, 6) is -0.683. The van der Waals surface area contributed by atoms with Crippen LogP contribution >= 0.6 is 0 Å². The van der Waals surface area contributed by atoms with E-state index in [2.05, 4.69) is 0 Å². The number of rotatable bonds is 3. The molecular weight excluding hydrogens is 287 g/mol. The molecule has 1 amide bonds. The molecule has 0 fully saturated rings. The largest absolute Gasteiger partial charge is 1.00 e. The first-order valence-electron chi connectivity index (χ1n) is 4.62. The molecule has 1 N–H and O–H groups in total. The number of carbonyl (C=O) groups excluding carboxylic acids is 1. The topological polar surface area (TPSA) is 118 Å². The molecule has 0 heterocycles. The van der Waals surface area contributed by atoms with Crippen molar-refractivity contribution in [3.05, 3.63) is 33.9 Å². The minimum Gasteiger partial charge on any atom is -0.345 e. The minimum atomic E-state index is -4.72. The van der Waals surface area contributed by atoms with Gasteiger partial charge in [0, 0.05) is 26.2 Å². The summed E-state index contributed by atoms with van der Waals surface area (Å²) < 4.78 is 31.2. The van der Waals surface area contributed by atoms with Gasteiger partial charge in [-0.15, -0.1) is 0 Å². The summed E-state index contributed by atoms with van der Waals surface area (Å²) in [5.41, 5.74) is -0.856. The van der Waals surface area contributed by atoms with Crippen molar-refractivity contribution in [1.29, 1.82) is 0 Å². The van der Waals surface area contributed by atoms with Gasteiger partial charge in [0.15, 0.2) is 0 Å². The number of nitro groups is 1.